The predicted molar refractivity (Wildman–Crippen MR) is 77.3 cm³/mol. The summed E-state index contributed by atoms with van der Waals surface area (Å²) in [5.41, 5.74) is 2.64. The van der Waals surface area contributed by atoms with E-state index in [1.165, 1.54) is 30.5 Å². The van der Waals surface area contributed by atoms with E-state index < -0.39 is 0 Å². The van der Waals surface area contributed by atoms with Gasteiger partial charge in [-0.25, -0.2) is 0 Å². The Hall–Kier alpha value is -0.970. The quantitative estimate of drug-likeness (QED) is 0.759. The predicted octanol–water partition coefficient (Wildman–Crippen LogP) is 1.63. The van der Waals surface area contributed by atoms with E-state index in [0.29, 0.717) is 6.04 Å². The maximum Gasteiger partial charge on any atom is 0.0605 e. The first-order valence-corrected chi connectivity index (χ1v) is 7.17. The summed E-state index contributed by atoms with van der Waals surface area (Å²) in [6.07, 6.45) is 5.49. The number of aryl methyl sites for hydroxylation is 1. The number of nitrogens with one attached hydrogen (secondary N) is 1. The van der Waals surface area contributed by atoms with Gasteiger partial charge in [-0.1, -0.05) is 6.07 Å². The Balaban J connectivity index is 1.70. The molecule has 0 bridgehead atoms. The molecule has 0 aromatic carbocycles. The molecule has 1 unspecified atom stereocenters. The van der Waals surface area contributed by atoms with E-state index in [0.717, 1.165) is 26.3 Å². The molecule has 1 aromatic heterocycles. The molecule has 1 heterocycles. The van der Waals surface area contributed by atoms with E-state index in [-0.39, 0.29) is 0 Å². The fourth-order valence-corrected chi connectivity index (χ4v) is 2.46. The number of likely N-dealkylation sites (N-methyl/N-ethyl adjacent to an activating group) is 1. The Kier molecular flexibility index (Phi) is 5.76. The molecule has 1 aromatic rings. The van der Waals surface area contributed by atoms with Gasteiger partial charge in [-0.2, -0.15) is 0 Å². The van der Waals surface area contributed by atoms with Crippen LogP contribution in [0, 0.1) is 0 Å². The zero-order chi connectivity index (χ0) is 13.5. The summed E-state index contributed by atoms with van der Waals surface area (Å²) in [5.74, 6) is 0. The van der Waals surface area contributed by atoms with Gasteiger partial charge in [-0.3, -0.25) is 4.98 Å². The molecular formula is C15H25N3O. The number of rotatable bonds is 7. The third kappa shape index (κ3) is 4.56. The number of fused-ring (bicyclic) bond motifs is 1. The summed E-state index contributed by atoms with van der Waals surface area (Å²) in [6, 6.07) is 4.64. The summed E-state index contributed by atoms with van der Waals surface area (Å²) >= 11 is 0. The zero-order valence-corrected chi connectivity index (χ0v) is 12.1. The molecule has 1 aliphatic rings. The Bertz CT molecular complexity index is 381. The van der Waals surface area contributed by atoms with E-state index >= 15 is 0 Å². The van der Waals surface area contributed by atoms with Gasteiger partial charge in [0.25, 0.3) is 0 Å². The minimum Gasteiger partial charge on any atom is -0.379 e. The molecule has 0 fully saturated rings. The lowest BCUT2D eigenvalue weighted by atomic mass is 9.92. The number of nitrogens with zero attached hydrogens (tertiary/aromatic N) is 2. The van der Waals surface area contributed by atoms with Crippen LogP contribution in [0.2, 0.25) is 0 Å². The Labute approximate surface area is 116 Å². The molecule has 1 atom stereocenters. The highest BCUT2D eigenvalue weighted by molar-refractivity contribution is 5.25. The second-order valence-electron chi connectivity index (χ2n) is 5.36. The van der Waals surface area contributed by atoms with Crippen LogP contribution < -0.4 is 5.32 Å². The minimum absolute atomic E-state index is 0.405. The molecule has 1 aliphatic carbocycles. The van der Waals surface area contributed by atoms with Crippen molar-refractivity contribution >= 4 is 0 Å². The van der Waals surface area contributed by atoms with Gasteiger partial charge in [0.05, 0.1) is 18.9 Å². The first-order valence-electron chi connectivity index (χ1n) is 7.17. The summed E-state index contributed by atoms with van der Waals surface area (Å²) < 4.78 is 5.60. The monoisotopic (exact) mass is 263 g/mol. The molecule has 0 radical (unpaired) electrons. The summed E-state index contributed by atoms with van der Waals surface area (Å²) in [4.78, 5) is 6.66. The molecule has 4 heteroatoms. The highest BCUT2D eigenvalue weighted by Gasteiger charge is 2.20. The summed E-state index contributed by atoms with van der Waals surface area (Å²) in [5, 5.41) is 3.56. The van der Waals surface area contributed by atoms with Crippen LogP contribution in [0.15, 0.2) is 18.3 Å². The molecule has 0 saturated carbocycles. The number of aromatic nitrogens is 1. The van der Waals surface area contributed by atoms with Crippen LogP contribution in [0.1, 0.15) is 30.1 Å². The maximum absolute atomic E-state index is 5.60. The van der Waals surface area contributed by atoms with E-state index in [1.54, 1.807) is 0 Å². The minimum atomic E-state index is 0.405. The van der Waals surface area contributed by atoms with Crippen LogP contribution in [-0.2, 0) is 11.2 Å². The molecule has 19 heavy (non-hydrogen) atoms. The van der Waals surface area contributed by atoms with Crippen LogP contribution in [0.5, 0.6) is 0 Å². The first-order chi connectivity index (χ1) is 9.27. The lowest BCUT2D eigenvalue weighted by Gasteiger charge is -2.25. The SMILES string of the molecule is CN(C)CCOCCNC1CCCc2cccnc21. The first kappa shape index (κ1) is 14.4. The third-order valence-corrected chi connectivity index (χ3v) is 3.52. The van der Waals surface area contributed by atoms with Crippen molar-refractivity contribution in [1.82, 2.24) is 15.2 Å². The van der Waals surface area contributed by atoms with Crippen molar-refractivity contribution in [2.75, 3.05) is 40.4 Å². The highest BCUT2D eigenvalue weighted by Crippen LogP contribution is 2.27. The molecular weight excluding hydrogens is 238 g/mol. The Morgan fingerprint density at radius 3 is 3.16 bits per heavy atom. The average Bonchev–Trinajstić information content (AvgIpc) is 2.42. The number of pyridine rings is 1. The van der Waals surface area contributed by atoms with Gasteiger partial charge in [-0.15, -0.1) is 0 Å². The molecule has 0 amide bonds. The van der Waals surface area contributed by atoms with Crippen LogP contribution in [0.25, 0.3) is 0 Å². The Morgan fingerprint density at radius 1 is 1.42 bits per heavy atom. The Morgan fingerprint density at radius 2 is 2.32 bits per heavy atom. The number of ether oxygens (including phenoxy) is 1. The maximum atomic E-state index is 5.60. The average molecular weight is 263 g/mol. The number of hydrogen-bond donors (Lipinski definition) is 1. The highest BCUT2D eigenvalue weighted by atomic mass is 16.5. The van der Waals surface area contributed by atoms with E-state index in [9.17, 15) is 0 Å². The van der Waals surface area contributed by atoms with Gasteiger partial charge in [0.1, 0.15) is 0 Å². The van der Waals surface area contributed by atoms with Crippen LogP contribution in [0.3, 0.4) is 0 Å². The van der Waals surface area contributed by atoms with Crippen molar-refractivity contribution in [3.8, 4) is 0 Å². The largest absolute Gasteiger partial charge is 0.379 e. The molecule has 2 rings (SSSR count). The van der Waals surface area contributed by atoms with Crippen molar-refractivity contribution in [2.24, 2.45) is 0 Å². The zero-order valence-electron chi connectivity index (χ0n) is 12.1. The van der Waals surface area contributed by atoms with E-state index in [2.05, 4.69) is 35.4 Å². The smallest absolute Gasteiger partial charge is 0.0605 e. The van der Waals surface area contributed by atoms with Crippen molar-refractivity contribution in [1.29, 1.82) is 0 Å². The lowest BCUT2D eigenvalue weighted by Crippen LogP contribution is -2.29. The van der Waals surface area contributed by atoms with Gasteiger partial charge in [0.2, 0.25) is 0 Å². The second-order valence-corrected chi connectivity index (χ2v) is 5.36. The third-order valence-electron chi connectivity index (χ3n) is 3.52. The van der Waals surface area contributed by atoms with E-state index in [4.69, 9.17) is 4.74 Å². The second kappa shape index (κ2) is 7.58. The molecule has 106 valence electrons. The van der Waals surface area contributed by atoms with Gasteiger partial charge >= 0.3 is 0 Å². The van der Waals surface area contributed by atoms with Crippen LogP contribution >= 0.6 is 0 Å². The fourth-order valence-electron chi connectivity index (χ4n) is 2.46. The molecule has 1 N–H and O–H groups in total. The van der Waals surface area contributed by atoms with Gasteiger partial charge < -0.3 is 15.0 Å². The van der Waals surface area contributed by atoms with Crippen molar-refractivity contribution in [3.05, 3.63) is 29.6 Å². The van der Waals surface area contributed by atoms with Gasteiger partial charge in [-0.05, 0) is 45.0 Å². The molecule has 4 nitrogen and oxygen atoms in total. The van der Waals surface area contributed by atoms with Gasteiger partial charge in [0.15, 0.2) is 0 Å². The summed E-state index contributed by atoms with van der Waals surface area (Å²) in [7, 11) is 4.12. The number of hydrogen-bond acceptors (Lipinski definition) is 4. The van der Waals surface area contributed by atoms with Crippen molar-refractivity contribution < 1.29 is 4.74 Å². The topological polar surface area (TPSA) is 37.4 Å². The molecule has 0 aliphatic heterocycles. The van der Waals surface area contributed by atoms with Crippen molar-refractivity contribution in [2.45, 2.75) is 25.3 Å². The normalized spacial score (nSPS) is 18.6. The molecule has 0 saturated heterocycles. The van der Waals surface area contributed by atoms with Crippen LogP contribution in [-0.4, -0.2) is 50.3 Å². The standard InChI is InChI=1S/C15H25N3O/c1-18(2)10-12-19-11-9-16-14-7-3-5-13-6-4-8-17-15(13)14/h4,6,8,14,16H,3,5,7,9-12H2,1-2H3. The van der Waals surface area contributed by atoms with E-state index in [1.807, 2.05) is 12.3 Å². The van der Waals surface area contributed by atoms with Crippen molar-refractivity contribution in [3.63, 3.8) is 0 Å². The molecule has 0 spiro atoms. The fraction of sp³-hybridized carbons (Fsp3) is 0.667. The lowest BCUT2D eigenvalue weighted by molar-refractivity contribution is 0.117. The van der Waals surface area contributed by atoms with Crippen LogP contribution in [0.4, 0.5) is 0 Å². The summed E-state index contributed by atoms with van der Waals surface area (Å²) in [6.45, 7) is 3.45. The van der Waals surface area contributed by atoms with Gasteiger partial charge in [0, 0.05) is 25.3 Å².